The predicted molar refractivity (Wildman–Crippen MR) is 65.1 cm³/mol. The molecule has 0 atom stereocenters. The van der Waals surface area contributed by atoms with Gasteiger partial charge in [-0.1, -0.05) is 11.6 Å². The van der Waals surface area contributed by atoms with Crippen LogP contribution in [0.2, 0.25) is 5.02 Å². The molecule has 0 unspecified atom stereocenters. The highest BCUT2D eigenvalue weighted by molar-refractivity contribution is 6.34. The Labute approximate surface area is 107 Å². The molecule has 2 aromatic rings. The van der Waals surface area contributed by atoms with Crippen molar-refractivity contribution < 1.29 is 19.1 Å². The van der Waals surface area contributed by atoms with Gasteiger partial charge in [-0.3, -0.25) is 4.79 Å². The maximum atomic E-state index is 11.7. The number of carboxylic acids is 1. The fourth-order valence-corrected chi connectivity index (χ4v) is 1.51. The second-order valence-electron chi connectivity index (χ2n) is 3.43. The number of carbonyl (C=O) groups is 2. The molecule has 0 spiro atoms. The van der Waals surface area contributed by atoms with E-state index in [2.05, 4.69) is 5.32 Å². The monoisotopic (exact) mass is 265 g/mol. The number of carbonyl (C=O) groups excluding carboxylic acids is 1. The summed E-state index contributed by atoms with van der Waals surface area (Å²) in [6.45, 7) is 0. The molecular formula is C12H8ClNO4. The third-order valence-electron chi connectivity index (χ3n) is 2.21. The van der Waals surface area contributed by atoms with E-state index < -0.39 is 11.9 Å². The Hall–Kier alpha value is -2.27. The van der Waals surface area contributed by atoms with Gasteiger partial charge in [0.25, 0.3) is 5.91 Å². The third kappa shape index (κ3) is 2.52. The van der Waals surface area contributed by atoms with Gasteiger partial charge in [0.1, 0.15) is 0 Å². The van der Waals surface area contributed by atoms with Crippen molar-refractivity contribution in [1.82, 2.24) is 0 Å². The Morgan fingerprint density at radius 1 is 1.28 bits per heavy atom. The maximum Gasteiger partial charge on any atom is 0.335 e. The quantitative estimate of drug-likeness (QED) is 0.894. The molecule has 5 nitrogen and oxygen atoms in total. The first kappa shape index (κ1) is 12.2. The molecule has 0 aliphatic heterocycles. The molecule has 18 heavy (non-hydrogen) atoms. The zero-order chi connectivity index (χ0) is 13.1. The number of nitrogens with one attached hydrogen (secondary N) is 1. The minimum absolute atomic E-state index is 0.0362. The predicted octanol–water partition coefficient (Wildman–Crippen LogP) is 2.88. The molecule has 2 rings (SSSR count). The van der Waals surface area contributed by atoms with Gasteiger partial charge in [0, 0.05) is 0 Å². The maximum absolute atomic E-state index is 11.7. The molecule has 0 bridgehead atoms. The van der Waals surface area contributed by atoms with Gasteiger partial charge in [-0.25, -0.2) is 4.79 Å². The fraction of sp³-hybridized carbons (Fsp3) is 0. The minimum Gasteiger partial charge on any atom is -0.478 e. The summed E-state index contributed by atoms with van der Waals surface area (Å²) < 4.78 is 4.91. The number of aromatic carboxylic acids is 1. The largest absolute Gasteiger partial charge is 0.478 e. The van der Waals surface area contributed by atoms with Crippen LogP contribution in [0.3, 0.4) is 0 Å². The minimum atomic E-state index is -1.10. The van der Waals surface area contributed by atoms with Gasteiger partial charge in [0.15, 0.2) is 5.76 Å². The van der Waals surface area contributed by atoms with Crippen LogP contribution in [-0.2, 0) is 0 Å². The van der Waals surface area contributed by atoms with Crippen molar-refractivity contribution in [2.24, 2.45) is 0 Å². The number of hydrogen-bond acceptors (Lipinski definition) is 3. The number of halogens is 1. The highest BCUT2D eigenvalue weighted by Gasteiger charge is 2.13. The number of hydrogen-bond donors (Lipinski definition) is 2. The Bertz CT molecular complexity index is 592. The molecule has 0 saturated carbocycles. The average molecular weight is 266 g/mol. The van der Waals surface area contributed by atoms with E-state index in [1.54, 1.807) is 6.07 Å². The molecule has 0 aliphatic rings. The summed E-state index contributed by atoms with van der Waals surface area (Å²) in [5, 5.41) is 11.6. The highest BCUT2D eigenvalue weighted by Crippen LogP contribution is 2.23. The molecule has 0 aliphatic carbocycles. The first-order valence-electron chi connectivity index (χ1n) is 4.95. The van der Waals surface area contributed by atoms with Crippen LogP contribution in [-0.4, -0.2) is 17.0 Å². The van der Waals surface area contributed by atoms with E-state index in [0.29, 0.717) is 0 Å². The van der Waals surface area contributed by atoms with Crippen LogP contribution in [0.5, 0.6) is 0 Å². The van der Waals surface area contributed by atoms with Gasteiger partial charge in [0.05, 0.1) is 22.5 Å². The molecule has 92 valence electrons. The van der Waals surface area contributed by atoms with Crippen molar-refractivity contribution in [1.29, 1.82) is 0 Å². The van der Waals surface area contributed by atoms with Crippen LogP contribution < -0.4 is 5.32 Å². The molecular weight excluding hydrogens is 258 g/mol. The van der Waals surface area contributed by atoms with Crippen LogP contribution in [0.15, 0.2) is 41.0 Å². The number of anilines is 1. The Balaban J connectivity index is 2.26. The van der Waals surface area contributed by atoms with Crippen molar-refractivity contribution in [3.8, 4) is 0 Å². The normalized spacial score (nSPS) is 10.1. The van der Waals surface area contributed by atoms with Gasteiger partial charge in [-0.2, -0.15) is 0 Å². The number of carboxylic acid groups (broad SMARTS) is 1. The lowest BCUT2D eigenvalue weighted by atomic mass is 10.2. The summed E-state index contributed by atoms with van der Waals surface area (Å²) in [5.74, 6) is -1.48. The summed E-state index contributed by atoms with van der Waals surface area (Å²) >= 11 is 5.87. The molecule has 1 amide bonds. The van der Waals surface area contributed by atoms with E-state index in [1.807, 2.05) is 0 Å². The van der Waals surface area contributed by atoms with Gasteiger partial charge >= 0.3 is 5.97 Å². The Morgan fingerprint density at radius 3 is 2.67 bits per heavy atom. The van der Waals surface area contributed by atoms with Gasteiger partial charge < -0.3 is 14.8 Å². The number of furan rings is 1. The standard InChI is InChI=1S/C12H8ClNO4/c13-8-4-3-7(12(16)17)6-9(8)14-11(15)10-2-1-5-18-10/h1-6H,(H,14,15)(H,16,17). The van der Waals surface area contributed by atoms with Gasteiger partial charge in [-0.15, -0.1) is 0 Å². The van der Waals surface area contributed by atoms with E-state index >= 15 is 0 Å². The average Bonchev–Trinajstić information content (AvgIpc) is 2.85. The summed E-state index contributed by atoms with van der Waals surface area (Å²) in [6, 6.07) is 7.11. The topological polar surface area (TPSA) is 79.5 Å². The molecule has 0 radical (unpaired) electrons. The van der Waals surface area contributed by atoms with Crippen LogP contribution >= 0.6 is 11.6 Å². The molecule has 0 saturated heterocycles. The first-order chi connectivity index (χ1) is 8.58. The molecule has 0 fully saturated rings. The SMILES string of the molecule is O=C(O)c1ccc(Cl)c(NC(=O)c2ccco2)c1. The molecule has 1 heterocycles. The lowest BCUT2D eigenvalue weighted by molar-refractivity contribution is 0.0696. The second-order valence-corrected chi connectivity index (χ2v) is 3.84. The summed E-state index contributed by atoms with van der Waals surface area (Å²) in [7, 11) is 0. The van der Waals surface area contributed by atoms with Crippen molar-refractivity contribution in [2.45, 2.75) is 0 Å². The number of rotatable bonds is 3. The smallest absolute Gasteiger partial charge is 0.335 e. The van der Waals surface area contributed by atoms with E-state index in [9.17, 15) is 9.59 Å². The number of amides is 1. The molecule has 1 aromatic carbocycles. The molecule has 6 heteroatoms. The Morgan fingerprint density at radius 2 is 2.06 bits per heavy atom. The van der Waals surface area contributed by atoms with Crippen molar-refractivity contribution in [3.63, 3.8) is 0 Å². The Kier molecular flexibility index (Phi) is 3.34. The van der Waals surface area contributed by atoms with Crippen LogP contribution in [0.4, 0.5) is 5.69 Å². The summed E-state index contributed by atoms with van der Waals surface area (Å²) in [5.41, 5.74) is 0.257. The van der Waals surface area contributed by atoms with Gasteiger partial charge in [0.2, 0.25) is 0 Å². The lowest BCUT2D eigenvalue weighted by Gasteiger charge is -2.06. The van der Waals surface area contributed by atoms with E-state index in [4.69, 9.17) is 21.1 Å². The summed E-state index contributed by atoms with van der Waals surface area (Å²) in [4.78, 5) is 22.5. The van der Waals surface area contributed by atoms with Crippen LogP contribution in [0.25, 0.3) is 0 Å². The van der Waals surface area contributed by atoms with E-state index in [-0.39, 0.29) is 22.0 Å². The van der Waals surface area contributed by atoms with Crippen LogP contribution in [0.1, 0.15) is 20.9 Å². The van der Waals surface area contributed by atoms with Gasteiger partial charge in [-0.05, 0) is 30.3 Å². The van der Waals surface area contributed by atoms with E-state index in [1.165, 1.54) is 30.5 Å². The summed E-state index contributed by atoms with van der Waals surface area (Å²) in [6.07, 6.45) is 1.37. The van der Waals surface area contributed by atoms with E-state index in [0.717, 1.165) is 0 Å². The second kappa shape index (κ2) is 4.93. The zero-order valence-electron chi connectivity index (χ0n) is 9.01. The highest BCUT2D eigenvalue weighted by atomic mass is 35.5. The van der Waals surface area contributed by atoms with Crippen molar-refractivity contribution in [2.75, 3.05) is 5.32 Å². The van der Waals surface area contributed by atoms with Crippen LogP contribution in [0, 0.1) is 0 Å². The zero-order valence-corrected chi connectivity index (χ0v) is 9.77. The number of benzene rings is 1. The van der Waals surface area contributed by atoms with Crippen molar-refractivity contribution >= 4 is 29.2 Å². The lowest BCUT2D eigenvalue weighted by Crippen LogP contribution is -2.12. The third-order valence-corrected chi connectivity index (χ3v) is 2.54. The van der Waals surface area contributed by atoms with Crippen molar-refractivity contribution in [3.05, 3.63) is 52.9 Å². The fourth-order valence-electron chi connectivity index (χ4n) is 1.35. The molecule has 2 N–H and O–H groups in total. The first-order valence-corrected chi connectivity index (χ1v) is 5.33. The molecule has 1 aromatic heterocycles.